The summed E-state index contributed by atoms with van der Waals surface area (Å²) in [4.78, 5) is 0. The molecule has 0 bridgehead atoms. The Hall–Kier alpha value is -4.86. The number of allylic oxidation sites excluding steroid dienone is 8. The zero-order chi connectivity index (χ0) is 39.5. The Morgan fingerprint density at radius 1 is 0.483 bits per heavy atom. The lowest BCUT2D eigenvalue weighted by Crippen LogP contribution is -2.26. The molecule has 1 radical (unpaired) electrons. The van der Waals surface area contributed by atoms with E-state index in [1.54, 1.807) is 33.4 Å². The normalized spacial score (nSPS) is 22.4. The van der Waals surface area contributed by atoms with E-state index in [9.17, 15) is 0 Å². The van der Waals surface area contributed by atoms with Crippen LogP contribution in [0, 0.1) is 0 Å². The summed E-state index contributed by atoms with van der Waals surface area (Å²) in [6.45, 7) is 13.2. The van der Waals surface area contributed by atoms with Crippen molar-refractivity contribution in [2.45, 2.75) is 109 Å². The van der Waals surface area contributed by atoms with Crippen molar-refractivity contribution >= 4 is 51.9 Å². The van der Waals surface area contributed by atoms with Crippen molar-refractivity contribution in [3.8, 4) is 11.5 Å². The minimum atomic E-state index is -0.909. The second-order valence-electron chi connectivity index (χ2n) is 17.5. The van der Waals surface area contributed by atoms with Gasteiger partial charge in [-0.05, 0) is 121 Å². The van der Waals surface area contributed by atoms with E-state index in [-0.39, 0.29) is 0 Å². The Morgan fingerprint density at radius 3 is 1.14 bits per heavy atom. The molecule has 2 nitrogen and oxygen atoms in total. The fourth-order valence-corrected chi connectivity index (χ4v) is 15.9. The molecule has 0 amide bonds. The van der Waals surface area contributed by atoms with Gasteiger partial charge >= 0.3 is 0 Å². The number of hydrogen-bond donors (Lipinski definition) is 0. The Labute approximate surface area is 346 Å². The molecular weight excluding hydrogens is 721 g/mol. The maximum absolute atomic E-state index is 6.43. The van der Waals surface area contributed by atoms with Crippen LogP contribution in [-0.4, -0.2) is 22.0 Å². The van der Waals surface area contributed by atoms with Crippen LogP contribution in [0.25, 0.3) is 43.1 Å². The highest BCUT2D eigenvalue weighted by Crippen LogP contribution is 2.58. The maximum Gasteiger partial charge on any atom is 0.134 e. The van der Waals surface area contributed by atoms with Gasteiger partial charge in [-0.3, -0.25) is 0 Å². The molecule has 0 aliphatic heterocycles. The Bertz CT molecular complexity index is 2430. The highest BCUT2D eigenvalue weighted by molar-refractivity contribution is 6.64. The van der Waals surface area contributed by atoms with Crippen LogP contribution in [0.5, 0.6) is 11.5 Å². The van der Waals surface area contributed by atoms with E-state index in [0.29, 0.717) is 36.1 Å². The Kier molecular flexibility index (Phi) is 9.92. The average Bonchev–Trinajstić information content (AvgIpc) is 3.58. The first kappa shape index (κ1) is 37.4. The first-order chi connectivity index (χ1) is 28.5. The molecule has 0 saturated heterocycles. The molecule has 58 heavy (non-hydrogen) atoms. The summed E-state index contributed by atoms with van der Waals surface area (Å²) >= 11 is 0. The van der Waals surface area contributed by atoms with E-state index >= 15 is 0 Å². The van der Waals surface area contributed by atoms with Gasteiger partial charge in [0.25, 0.3) is 0 Å². The van der Waals surface area contributed by atoms with Crippen LogP contribution >= 0.6 is 0 Å². The Morgan fingerprint density at radius 2 is 0.810 bits per heavy atom. The van der Waals surface area contributed by atoms with Gasteiger partial charge in [0.2, 0.25) is 0 Å². The summed E-state index contributed by atoms with van der Waals surface area (Å²) in [6.07, 6.45) is 15.3. The predicted molar refractivity (Wildman–Crippen MR) is 248 cm³/mol. The molecule has 0 fully saturated rings. The van der Waals surface area contributed by atoms with Gasteiger partial charge in [0.15, 0.2) is 0 Å². The van der Waals surface area contributed by atoms with Gasteiger partial charge in [0.1, 0.15) is 11.5 Å². The molecule has 3 heteroatoms. The van der Waals surface area contributed by atoms with Crippen LogP contribution in [0.15, 0.2) is 143 Å². The molecule has 0 aromatic heterocycles. The minimum absolute atomic E-state index is 0.385. The number of fused-ring (bicyclic) bond motifs is 4. The monoisotopic (exact) mass is 777 g/mol. The molecular formula is C55H57O2Si. The SMILES string of the molecule is CCOc1c2ccccc2c(C2CCCCC3=C2C=C(C)C3[Si](C)C2C(C)=CC3=C2CCCCC3c2c3ccccc3c(OCC)c3ccccc23)c2ccccc12. The summed E-state index contributed by atoms with van der Waals surface area (Å²) in [5, 5.41) is 10.5. The van der Waals surface area contributed by atoms with E-state index in [1.807, 2.05) is 0 Å². The smallest absolute Gasteiger partial charge is 0.134 e. The van der Waals surface area contributed by atoms with E-state index in [0.717, 1.165) is 11.5 Å². The lowest BCUT2D eigenvalue weighted by atomic mass is 9.81. The zero-order valence-electron chi connectivity index (χ0n) is 35.1. The van der Waals surface area contributed by atoms with Crippen molar-refractivity contribution in [3.63, 3.8) is 0 Å². The number of ether oxygens (including phenoxy) is 2. The molecule has 6 aromatic rings. The highest BCUT2D eigenvalue weighted by atomic mass is 28.3. The second kappa shape index (κ2) is 15.4. The first-order valence-corrected chi connectivity index (χ1v) is 24.4. The van der Waals surface area contributed by atoms with Crippen molar-refractivity contribution < 1.29 is 9.47 Å². The lowest BCUT2D eigenvalue weighted by Gasteiger charge is -2.32. The van der Waals surface area contributed by atoms with E-state index in [4.69, 9.17) is 9.47 Å². The van der Waals surface area contributed by atoms with Crippen LogP contribution in [0.2, 0.25) is 17.6 Å². The first-order valence-electron chi connectivity index (χ1n) is 22.3. The Balaban J connectivity index is 1.09. The molecule has 6 aromatic carbocycles. The molecule has 4 unspecified atom stereocenters. The quantitative estimate of drug-likeness (QED) is 0.113. The fourth-order valence-electron chi connectivity index (χ4n) is 12.2. The third-order valence-electron chi connectivity index (χ3n) is 14.3. The lowest BCUT2D eigenvalue weighted by molar-refractivity contribution is 0.348. The van der Waals surface area contributed by atoms with Gasteiger partial charge in [-0.15, -0.1) is 0 Å². The topological polar surface area (TPSA) is 18.5 Å². The largest absolute Gasteiger partial charge is 0.493 e. The minimum Gasteiger partial charge on any atom is -0.493 e. The molecule has 0 heterocycles. The molecule has 10 rings (SSSR count). The number of benzene rings is 6. The van der Waals surface area contributed by atoms with Crippen LogP contribution in [0.1, 0.15) is 102 Å². The summed E-state index contributed by atoms with van der Waals surface area (Å²) in [5.41, 5.74) is 14.2. The van der Waals surface area contributed by atoms with Crippen molar-refractivity contribution in [3.05, 3.63) is 154 Å². The van der Waals surface area contributed by atoms with Gasteiger partial charge in [-0.2, -0.15) is 0 Å². The van der Waals surface area contributed by atoms with E-state index < -0.39 is 8.80 Å². The molecule has 0 spiro atoms. The summed E-state index contributed by atoms with van der Waals surface area (Å²) in [6, 6.07) is 36.2. The molecule has 4 atom stereocenters. The predicted octanol–water partition coefficient (Wildman–Crippen LogP) is 15.5. The van der Waals surface area contributed by atoms with Crippen LogP contribution in [0.3, 0.4) is 0 Å². The van der Waals surface area contributed by atoms with Crippen molar-refractivity contribution in [2.24, 2.45) is 0 Å². The molecule has 293 valence electrons. The van der Waals surface area contributed by atoms with E-state index in [1.165, 1.54) is 106 Å². The standard InChI is InChI=1S/C55H57O2Si/c1-6-56-52-42-26-14-8-20-36(42)50(37-21-9-15-27-43(37)52)40-24-12-18-30-46-48(40)32-34(3)54(46)58(5)55-35(4)33-49-41(25-13-19-31-47(49)55)51-38-22-10-16-28-44(38)53(57-7-2)45-29-17-11-23-39(45)51/h8-11,14-17,20-23,26-29,32-33,40-41,54-55H,6-7,12-13,18-19,24-25,30-31H2,1-5H3. The summed E-state index contributed by atoms with van der Waals surface area (Å²) in [7, 11) is -0.909. The van der Waals surface area contributed by atoms with Crippen LogP contribution < -0.4 is 9.47 Å². The molecule has 4 aliphatic rings. The van der Waals surface area contributed by atoms with Gasteiger partial charge in [0.05, 0.1) is 22.0 Å². The van der Waals surface area contributed by atoms with Gasteiger partial charge in [-0.25, -0.2) is 0 Å². The van der Waals surface area contributed by atoms with E-state index in [2.05, 4.69) is 143 Å². The second-order valence-corrected chi connectivity index (χ2v) is 20.1. The van der Waals surface area contributed by atoms with Crippen molar-refractivity contribution in [1.29, 1.82) is 0 Å². The molecule has 4 aliphatic carbocycles. The zero-order valence-corrected chi connectivity index (χ0v) is 36.1. The average molecular weight is 778 g/mol. The number of hydrogen-bond acceptors (Lipinski definition) is 2. The van der Waals surface area contributed by atoms with Crippen LogP contribution in [0.4, 0.5) is 0 Å². The molecule has 0 saturated carbocycles. The highest BCUT2D eigenvalue weighted by Gasteiger charge is 2.43. The van der Waals surface area contributed by atoms with Crippen molar-refractivity contribution in [2.75, 3.05) is 13.2 Å². The molecule has 0 N–H and O–H groups in total. The third kappa shape index (κ3) is 5.94. The van der Waals surface area contributed by atoms with Crippen molar-refractivity contribution in [1.82, 2.24) is 0 Å². The maximum atomic E-state index is 6.43. The summed E-state index contributed by atoms with van der Waals surface area (Å²) in [5.74, 6) is 2.85. The number of rotatable bonds is 8. The van der Waals surface area contributed by atoms with Gasteiger partial charge < -0.3 is 9.47 Å². The van der Waals surface area contributed by atoms with Gasteiger partial charge in [0, 0.05) is 33.4 Å². The third-order valence-corrected chi connectivity index (χ3v) is 17.7. The van der Waals surface area contributed by atoms with Gasteiger partial charge in [-0.1, -0.05) is 151 Å². The van der Waals surface area contributed by atoms with Crippen LogP contribution in [-0.2, 0) is 0 Å². The summed E-state index contributed by atoms with van der Waals surface area (Å²) < 4.78 is 12.9. The fraction of sp³-hybridized carbons (Fsp3) is 0.345.